The highest BCUT2D eigenvalue weighted by Gasteiger charge is 2.72. The Morgan fingerprint density at radius 3 is 2.55 bits per heavy atom. The van der Waals surface area contributed by atoms with Gasteiger partial charge < -0.3 is 23.5 Å². The highest BCUT2D eigenvalue weighted by Crippen LogP contribution is 2.69. The Labute approximate surface area is 167 Å². The van der Waals surface area contributed by atoms with Gasteiger partial charge in [0, 0.05) is 20.2 Å². The molecule has 3 heterocycles. The molecule has 0 unspecified atom stereocenters. The third-order valence-corrected chi connectivity index (χ3v) is 5.99. The number of amides is 1. The lowest BCUT2D eigenvalue weighted by molar-refractivity contribution is -0.260. The highest BCUT2D eigenvalue weighted by atomic mass is 16.6. The molecule has 2 bridgehead atoms. The fourth-order valence-electron chi connectivity index (χ4n) is 4.31. The first-order valence-corrected chi connectivity index (χ1v) is 9.68. The topological polar surface area (TPSA) is 112 Å². The zero-order valence-corrected chi connectivity index (χ0v) is 16.4. The quantitative estimate of drug-likeness (QED) is 0.775. The van der Waals surface area contributed by atoms with Gasteiger partial charge in [-0.25, -0.2) is 9.97 Å². The summed E-state index contributed by atoms with van der Waals surface area (Å²) in [6.45, 7) is 4.61. The molecule has 6 rings (SSSR count). The Bertz CT molecular complexity index is 902. The van der Waals surface area contributed by atoms with Crippen LogP contribution in [-0.2, 0) is 14.3 Å². The van der Waals surface area contributed by atoms with Gasteiger partial charge >= 0.3 is 12.0 Å². The molecule has 10 nitrogen and oxygen atoms in total. The molecule has 0 aromatic carbocycles. The van der Waals surface area contributed by atoms with Crippen LogP contribution in [0.25, 0.3) is 0 Å². The van der Waals surface area contributed by atoms with Crippen LogP contribution in [0.1, 0.15) is 25.0 Å². The zero-order valence-electron chi connectivity index (χ0n) is 16.4. The van der Waals surface area contributed by atoms with E-state index in [1.165, 1.54) is 0 Å². The number of morpholine rings is 1. The summed E-state index contributed by atoms with van der Waals surface area (Å²) in [6, 6.07) is 0.129. The van der Waals surface area contributed by atoms with Crippen molar-refractivity contribution in [2.45, 2.75) is 31.8 Å². The summed E-state index contributed by atoms with van der Waals surface area (Å²) < 4.78 is 22.1. The van der Waals surface area contributed by atoms with Gasteiger partial charge in [0.15, 0.2) is 5.75 Å². The van der Waals surface area contributed by atoms with Crippen molar-refractivity contribution in [1.29, 1.82) is 0 Å². The molecule has 4 fully saturated rings. The van der Waals surface area contributed by atoms with Crippen LogP contribution in [0.2, 0.25) is 0 Å². The Morgan fingerprint density at radius 1 is 1.21 bits per heavy atom. The molecule has 2 aromatic heterocycles. The van der Waals surface area contributed by atoms with E-state index in [0.717, 1.165) is 32.4 Å². The molecule has 3 saturated carbocycles. The Kier molecular flexibility index (Phi) is 4.21. The average Bonchev–Trinajstić information content (AvgIpc) is 3.00. The average molecular weight is 401 g/mol. The van der Waals surface area contributed by atoms with E-state index in [-0.39, 0.29) is 28.9 Å². The van der Waals surface area contributed by atoms with E-state index in [4.69, 9.17) is 18.6 Å². The van der Waals surface area contributed by atoms with Gasteiger partial charge in [0.2, 0.25) is 11.9 Å². The van der Waals surface area contributed by atoms with Crippen molar-refractivity contribution in [3.05, 3.63) is 18.1 Å². The molecular formula is C19H23N5O5. The minimum absolute atomic E-state index is 0.0811. The smallest absolute Gasteiger partial charge is 0.315 e. The fraction of sp³-hybridized carbons (Fsp3) is 0.579. The van der Waals surface area contributed by atoms with Gasteiger partial charge in [-0.2, -0.15) is 4.98 Å². The summed E-state index contributed by atoms with van der Waals surface area (Å²) in [7, 11) is 1.69. The molecule has 1 amide bonds. The first-order valence-electron chi connectivity index (χ1n) is 9.68. The van der Waals surface area contributed by atoms with Gasteiger partial charge in [0.25, 0.3) is 0 Å². The van der Waals surface area contributed by atoms with E-state index < -0.39 is 0 Å². The lowest BCUT2D eigenvalue weighted by Crippen LogP contribution is -2.72. The summed E-state index contributed by atoms with van der Waals surface area (Å²) in [5, 5.41) is 2.76. The molecule has 29 heavy (non-hydrogen) atoms. The van der Waals surface area contributed by atoms with Crippen molar-refractivity contribution in [2.75, 3.05) is 43.6 Å². The van der Waals surface area contributed by atoms with Gasteiger partial charge in [0.1, 0.15) is 5.69 Å². The number of ether oxygens (including phenoxy) is 3. The number of anilines is 2. The molecule has 1 saturated heterocycles. The third-order valence-electron chi connectivity index (χ3n) is 5.99. The van der Waals surface area contributed by atoms with Crippen molar-refractivity contribution < 1.29 is 23.4 Å². The van der Waals surface area contributed by atoms with Crippen LogP contribution in [0.5, 0.6) is 11.7 Å². The largest absolute Gasteiger partial charge is 0.421 e. The molecule has 1 N–H and O–H groups in total. The van der Waals surface area contributed by atoms with Crippen molar-refractivity contribution in [1.82, 2.24) is 15.0 Å². The second-order valence-electron chi connectivity index (χ2n) is 7.96. The molecule has 3 aliphatic carbocycles. The van der Waals surface area contributed by atoms with Gasteiger partial charge in [-0.3, -0.25) is 10.1 Å². The minimum atomic E-state index is -0.345. The summed E-state index contributed by atoms with van der Waals surface area (Å²) in [5.41, 5.74) is 0.0946. The normalized spacial score (nSPS) is 27.7. The van der Waals surface area contributed by atoms with Crippen LogP contribution in [0.15, 0.2) is 16.8 Å². The number of hydrogen-bond donors (Lipinski definition) is 1. The van der Waals surface area contributed by atoms with E-state index in [0.29, 0.717) is 30.6 Å². The number of oxazole rings is 1. The molecule has 0 atom stereocenters. The number of nitrogens with one attached hydrogen (secondary N) is 1. The third kappa shape index (κ3) is 3.12. The molecule has 2 aromatic rings. The number of nitrogens with zero attached hydrogens (tertiary/aromatic N) is 4. The number of rotatable bonds is 6. The van der Waals surface area contributed by atoms with Gasteiger partial charge in [0.05, 0.1) is 36.6 Å². The molecule has 1 aliphatic heterocycles. The van der Waals surface area contributed by atoms with Crippen molar-refractivity contribution in [3.63, 3.8) is 0 Å². The minimum Gasteiger partial charge on any atom is -0.421 e. The maximum atomic E-state index is 12.5. The van der Waals surface area contributed by atoms with Crippen LogP contribution in [-0.4, -0.2) is 59.9 Å². The van der Waals surface area contributed by atoms with Gasteiger partial charge in [-0.15, -0.1) is 0 Å². The van der Waals surface area contributed by atoms with Crippen molar-refractivity contribution in [3.8, 4) is 11.7 Å². The summed E-state index contributed by atoms with van der Waals surface area (Å²) >= 11 is 0. The second kappa shape index (κ2) is 6.67. The molecule has 154 valence electrons. The number of hydrogen-bond acceptors (Lipinski definition) is 9. The monoisotopic (exact) mass is 401 g/mol. The van der Waals surface area contributed by atoms with Crippen molar-refractivity contribution in [2.24, 2.45) is 5.41 Å². The number of methoxy groups -OCH3 is 1. The van der Waals surface area contributed by atoms with Crippen LogP contribution >= 0.6 is 0 Å². The van der Waals surface area contributed by atoms with Gasteiger partial charge in [-0.05, 0) is 26.2 Å². The summed E-state index contributed by atoms with van der Waals surface area (Å²) in [5.74, 6) is 1.19. The molecule has 0 spiro atoms. The number of carbonyl (C=O) groups excluding carboxylic acids is 1. The lowest BCUT2D eigenvalue weighted by Gasteiger charge is -2.67. The van der Waals surface area contributed by atoms with E-state index in [1.54, 1.807) is 26.4 Å². The first kappa shape index (κ1) is 18.3. The van der Waals surface area contributed by atoms with Crippen LogP contribution < -0.4 is 15.0 Å². The molecule has 10 heteroatoms. The Morgan fingerprint density at radius 2 is 1.90 bits per heavy atom. The fourth-order valence-corrected chi connectivity index (χ4v) is 4.31. The van der Waals surface area contributed by atoms with E-state index in [2.05, 4.69) is 25.2 Å². The zero-order chi connectivity index (χ0) is 20.1. The number of carbonyl (C=O) groups is 1. The number of aromatic nitrogens is 3. The highest BCUT2D eigenvalue weighted by molar-refractivity contribution is 5.96. The molecular weight excluding hydrogens is 378 g/mol. The van der Waals surface area contributed by atoms with Crippen LogP contribution in [0, 0.1) is 12.3 Å². The predicted octanol–water partition coefficient (Wildman–Crippen LogP) is 1.91. The molecule has 0 radical (unpaired) electrons. The SMILES string of the molecule is COC12CC(C(=O)Nc3nc(C)c(Oc4cnc(N5CCOCC5)nc4)o3)(C1)C2. The first-order chi connectivity index (χ1) is 14.0. The van der Waals surface area contributed by atoms with E-state index in [9.17, 15) is 4.79 Å². The van der Waals surface area contributed by atoms with E-state index in [1.807, 2.05) is 0 Å². The standard InChI is InChI=1S/C19H23N5O5/c1-12-14(28-13-7-20-16(21-8-13)24-3-5-27-6-4-24)29-17(22-12)23-15(25)18-9-19(10-18,11-18)26-2/h7-8H,3-6,9-11H2,1-2H3,(H,22,23,25). The van der Waals surface area contributed by atoms with Crippen LogP contribution in [0.4, 0.5) is 12.0 Å². The second-order valence-corrected chi connectivity index (χ2v) is 7.96. The van der Waals surface area contributed by atoms with Gasteiger partial charge in [-0.1, -0.05) is 0 Å². The summed E-state index contributed by atoms with van der Waals surface area (Å²) in [4.78, 5) is 27.5. The predicted molar refractivity (Wildman–Crippen MR) is 101 cm³/mol. The summed E-state index contributed by atoms with van der Waals surface area (Å²) in [6.07, 6.45) is 5.42. The molecule has 4 aliphatic rings. The maximum Gasteiger partial charge on any atom is 0.315 e. The Hall–Kier alpha value is -2.72. The van der Waals surface area contributed by atoms with Crippen LogP contribution in [0.3, 0.4) is 0 Å². The van der Waals surface area contributed by atoms with E-state index >= 15 is 0 Å². The lowest BCUT2D eigenvalue weighted by atomic mass is 9.41. The Balaban J connectivity index is 1.21. The number of aryl methyl sites for hydroxylation is 1. The maximum absolute atomic E-state index is 12.5. The van der Waals surface area contributed by atoms with Crippen molar-refractivity contribution >= 4 is 17.9 Å².